The summed E-state index contributed by atoms with van der Waals surface area (Å²) in [7, 11) is 0. The molecule has 2 N–H and O–H groups in total. The molecule has 0 saturated heterocycles. The van der Waals surface area contributed by atoms with Crippen LogP contribution in [0.25, 0.3) is 0 Å². The van der Waals surface area contributed by atoms with Crippen LogP contribution in [0.1, 0.15) is 48.9 Å². The Labute approximate surface area is 105 Å². The van der Waals surface area contributed by atoms with Crippen LogP contribution in [0.2, 0.25) is 0 Å². The molecule has 0 unspecified atom stereocenters. The van der Waals surface area contributed by atoms with E-state index in [0.717, 1.165) is 50.3 Å². The standard InChI is InChI=1S/C14H17F2NO/c15-11-6-10(7-12(16)8-11)13(18)9-14(17)4-2-1-3-5-14/h6-8H,1-5,9,17H2. The molecule has 1 fully saturated rings. The second-order valence-electron chi connectivity index (χ2n) is 5.18. The third-order valence-corrected chi connectivity index (χ3v) is 3.55. The Kier molecular flexibility index (Phi) is 3.76. The Balaban J connectivity index is 2.11. The van der Waals surface area contributed by atoms with Crippen molar-refractivity contribution in [3.63, 3.8) is 0 Å². The molecule has 0 aromatic heterocycles. The molecule has 1 aliphatic rings. The molecule has 1 aliphatic carbocycles. The van der Waals surface area contributed by atoms with Gasteiger partial charge < -0.3 is 5.73 Å². The van der Waals surface area contributed by atoms with Gasteiger partial charge in [-0.2, -0.15) is 0 Å². The zero-order chi connectivity index (χ0) is 13.2. The van der Waals surface area contributed by atoms with E-state index in [4.69, 9.17) is 5.73 Å². The van der Waals surface area contributed by atoms with Crippen LogP contribution in [0.3, 0.4) is 0 Å². The van der Waals surface area contributed by atoms with Crippen LogP contribution in [-0.2, 0) is 0 Å². The molecule has 98 valence electrons. The first-order chi connectivity index (χ1) is 8.48. The van der Waals surface area contributed by atoms with Crippen LogP contribution >= 0.6 is 0 Å². The van der Waals surface area contributed by atoms with Crippen LogP contribution in [0.15, 0.2) is 18.2 Å². The average molecular weight is 253 g/mol. The average Bonchev–Trinajstić information content (AvgIpc) is 2.28. The quantitative estimate of drug-likeness (QED) is 0.840. The topological polar surface area (TPSA) is 43.1 Å². The van der Waals surface area contributed by atoms with E-state index in [1.165, 1.54) is 0 Å². The lowest BCUT2D eigenvalue weighted by Gasteiger charge is -2.32. The fourth-order valence-electron chi connectivity index (χ4n) is 2.57. The van der Waals surface area contributed by atoms with E-state index >= 15 is 0 Å². The number of hydrogen-bond donors (Lipinski definition) is 1. The molecule has 4 heteroatoms. The lowest BCUT2D eigenvalue weighted by molar-refractivity contribution is 0.0933. The monoisotopic (exact) mass is 253 g/mol. The number of rotatable bonds is 3. The molecule has 0 heterocycles. The minimum Gasteiger partial charge on any atom is -0.325 e. The van der Waals surface area contributed by atoms with Gasteiger partial charge in [0, 0.05) is 23.6 Å². The molecule has 1 saturated carbocycles. The maximum Gasteiger partial charge on any atom is 0.164 e. The second kappa shape index (κ2) is 5.14. The molecule has 1 aromatic rings. The van der Waals surface area contributed by atoms with Gasteiger partial charge in [-0.05, 0) is 25.0 Å². The van der Waals surface area contributed by atoms with E-state index in [1.807, 2.05) is 0 Å². The van der Waals surface area contributed by atoms with E-state index in [0.29, 0.717) is 0 Å². The maximum absolute atomic E-state index is 13.0. The van der Waals surface area contributed by atoms with Crippen molar-refractivity contribution in [2.45, 2.75) is 44.1 Å². The number of carbonyl (C=O) groups excluding carboxylic acids is 1. The normalized spacial score (nSPS) is 18.6. The van der Waals surface area contributed by atoms with Gasteiger partial charge in [0.1, 0.15) is 11.6 Å². The molecule has 2 rings (SSSR count). The van der Waals surface area contributed by atoms with E-state index in [2.05, 4.69) is 0 Å². The Bertz CT molecular complexity index is 433. The van der Waals surface area contributed by atoms with E-state index < -0.39 is 17.2 Å². The van der Waals surface area contributed by atoms with Gasteiger partial charge in [-0.15, -0.1) is 0 Å². The molecule has 1 aromatic carbocycles. The number of benzene rings is 1. The van der Waals surface area contributed by atoms with Gasteiger partial charge in [-0.25, -0.2) is 8.78 Å². The number of Topliss-reactive ketones (excluding diaryl/α,β-unsaturated/α-hetero) is 1. The van der Waals surface area contributed by atoms with Crippen LogP contribution in [0.4, 0.5) is 8.78 Å². The summed E-state index contributed by atoms with van der Waals surface area (Å²) >= 11 is 0. The van der Waals surface area contributed by atoms with Gasteiger partial charge in [-0.1, -0.05) is 19.3 Å². The van der Waals surface area contributed by atoms with Gasteiger partial charge in [0.2, 0.25) is 0 Å². The van der Waals surface area contributed by atoms with E-state index in [1.54, 1.807) is 0 Å². The predicted octanol–water partition coefficient (Wildman–Crippen LogP) is 3.20. The van der Waals surface area contributed by atoms with Crippen molar-refractivity contribution in [3.8, 4) is 0 Å². The maximum atomic E-state index is 13.0. The summed E-state index contributed by atoms with van der Waals surface area (Å²) in [5.41, 5.74) is 5.74. The van der Waals surface area contributed by atoms with Gasteiger partial charge >= 0.3 is 0 Å². The molecule has 2 nitrogen and oxygen atoms in total. The third-order valence-electron chi connectivity index (χ3n) is 3.55. The van der Waals surface area contributed by atoms with Gasteiger partial charge in [0.05, 0.1) is 0 Å². The SMILES string of the molecule is NC1(CC(=O)c2cc(F)cc(F)c2)CCCCC1. The summed E-state index contributed by atoms with van der Waals surface area (Å²) in [5.74, 6) is -1.74. The van der Waals surface area contributed by atoms with Crippen molar-refractivity contribution in [1.82, 2.24) is 0 Å². The largest absolute Gasteiger partial charge is 0.325 e. The van der Waals surface area contributed by atoms with Crippen molar-refractivity contribution in [2.24, 2.45) is 5.73 Å². The molecule has 0 spiro atoms. The molecule has 0 radical (unpaired) electrons. The third kappa shape index (κ3) is 3.13. The van der Waals surface area contributed by atoms with Crippen LogP contribution in [0, 0.1) is 11.6 Å². The minimum absolute atomic E-state index is 0.0721. The highest BCUT2D eigenvalue weighted by Gasteiger charge is 2.30. The highest BCUT2D eigenvalue weighted by atomic mass is 19.1. The van der Waals surface area contributed by atoms with Crippen LogP contribution in [0.5, 0.6) is 0 Å². The number of nitrogens with two attached hydrogens (primary N) is 1. The highest BCUT2D eigenvalue weighted by molar-refractivity contribution is 5.96. The first kappa shape index (κ1) is 13.1. The Morgan fingerprint density at radius 2 is 1.67 bits per heavy atom. The molecule has 0 amide bonds. The fraction of sp³-hybridized carbons (Fsp3) is 0.500. The molecule has 18 heavy (non-hydrogen) atoms. The summed E-state index contributed by atoms with van der Waals surface area (Å²) < 4.78 is 26.1. The van der Waals surface area contributed by atoms with Crippen LogP contribution in [-0.4, -0.2) is 11.3 Å². The van der Waals surface area contributed by atoms with Gasteiger partial charge in [-0.3, -0.25) is 4.79 Å². The zero-order valence-electron chi connectivity index (χ0n) is 10.2. The summed E-state index contributed by atoms with van der Waals surface area (Å²) in [4.78, 5) is 12.0. The van der Waals surface area contributed by atoms with Crippen molar-refractivity contribution in [3.05, 3.63) is 35.4 Å². The van der Waals surface area contributed by atoms with Crippen molar-refractivity contribution >= 4 is 5.78 Å². The zero-order valence-corrected chi connectivity index (χ0v) is 10.2. The minimum atomic E-state index is -0.729. The highest BCUT2D eigenvalue weighted by Crippen LogP contribution is 2.29. The van der Waals surface area contributed by atoms with E-state index in [9.17, 15) is 13.6 Å². The smallest absolute Gasteiger partial charge is 0.164 e. The fourth-order valence-corrected chi connectivity index (χ4v) is 2.57. The summed E-state index contributed by atoms with van der Waals surface area (Å²) in [6.45, 7) is 0. The molecule has 0 aliphatic heterocycles. The second-order valence-corrected chi connectivity index (χ2v) is 5.18. The lowest BCUT2D eigenvalue weighted by Crippen LogP contribution is -2.43. The first-order valence-corrected chi connectivity index (χ1v) is 6.27. The van der Waals surface area contributed by atoms with Crippen molar-refractivity contribution in [2.75, 3.05) is 0 Å². The first-order valence-electron chi connectivity index (χ1n) is 6.27. The molecular weight excluding hydrogens is 236 g/mol. The molecule has 0 atom stereocenters. The lowest BCUT2D eigenvalue weighted by atomic mass is 9.78. The predicted molar refractivity (Wildman–Crippen MR) is 65.3 cm³/mol. The van der Waals surface area contributed by atoms with Gasteiger partial charge in [0.25, 0.3) is 0 Å². The molecule has 0 bridgehead atoms. The summed E-state index contributed by atoms with van der Waals surface area (Å²) in [6, 6.07) is 2.89. The number of hydrogen-bond acceptors (Lipinski definition) is 2. The Morgan fingerprint density at radius 3 is 2.22 bits per heavy atom. The molecular formula is C14H17F2NO. The van der Waals surface area contributed by atoms with Crippen molar-refractivity contribution in [1.29, 1.82) is 0 Å². The van der Waals surface area contributed by atoms with Crippen LogP contribution < -0.4 is 5.73 Å². The number of ketones is 1. The Morgan fingerprint density at radius 1 is 1.11 bits per heavy atom. The number of carbonyl (C=O) groups is 1. The van der Waals surface area contributed by atoms with Crippen molar-refractivity contribution < 1.29 is 13.6 Å². The van der Waals surface area contributed by atoms with E-state index in [-0.39, 0.29) is 17.8 Å². The summed E-state index contributed by atoms with van der Waals surface area (Å²) in [6.07, 6.45) is 4.94. The number of halogens is 2. The summed E-state index contributed by atoms with van der Waals surface area (Å²) in [5, 5.41) is 0. The van der Waals surface area contributed by atoms with Gasteiger partial charge in [0.15, 0.2) is 5.78 Å². The Hall–Kier alpha value is -1.29.